The SMILES string of the molecule is CC(N)Cc1noc(CCOCC(F)(F)F)n1. The maximum atomic E-state index is 11.7. The van der Waals surface area contributed by atoms with Crippen LogP contribution in [-0.4, -0.2) is 35.6 Å². The first-order chi connectivity index (χ1) is 7.87. The number of nitrogens with two attached hydrogens (primary N) is 1. The summed E-state index contributed by atoms with van der Waals surface area (Å²) in [5.74, 6) is 0.702. The molecule has 1 aromatic rings. The van der Waals surface area contributed by atoms with E-state index in [1.807, 2.05) is 0 Å². The Bertz CT molecular complexity index is 338. The van der Waals surface area contributed by atoms with Gasteiger partial charge in [-0.3, -0.25) is 0 Å². The average molecular weight is 253 g/mol. The van der Waals surface area contributed by atoms with Gasteiger partial charge in [0.15, 0.2) is 5.82 Å². The maximum Gasteiger partial charge on any atom is 0.411 e. The van der Waals surface area contributed by atoms with Gasteiger partial charge in [-0.1, -0.05) is 5.16 Å². The fraction of sp³-hybridized carbons (Fsp3) is 0.778. The summed E-state index contributed by atoms with van der Waals surface area (Å²) in [6.45, 7) is 0.412. The second kappa shape index (κ2) is 5.97. The molecule has 1 unspecified atom stereocenters. The van der Waals surface area contributed by atoms with Crippen molar-refractivity contribution in [1.82, 2.24) is 10.1 Å². The highest BCUT2D eigenvalue weighted by atomic mass is 19.4. The minimum Gasteiger partial charge on any atom is -0.372 e. The largest absolute Gasteiger partial charge is 0.411 e. The van der Waals surface area contributed by atoms with E-state index in [-0.39, 0.29) is 25.0 Å². The Balaban J connectivity index is 2.25. The normalized spacial score (nSPS) is 13.9. The van der Waals surface area contributed by atoms with E-state index in [2.05, 4.69) is 14.9 Å². The first kappa shape index (κ1) is 13.9. The zero-order valence-electron chi connectivity index (χ0n) is 9.33. The van der Waals surface area contributed by atoms with Crippen molar-refractivity contribution in [2.45, 2.75) is 32.0 Å². The van der Waals surface area contributed by atoms with Gasteiger partial charge in [0.1, 0.15) is 6.61 Å². The molecule has 98 valence electrons. The summed E-state index contributed by atoms with van der Waals surface area (Å²) < 4.78 is 44.5. The van der Waals surface area contributed by atoms with E-state index >= 15 is 0 Å². The van der Waals surface area contributed by atoms with E-state index in [0.29, 0.717) is 12.2 Å². The van der Waals surface area contributed by atoms with E-state index in [1.165, 1.54) is 0 Å². The highest BCUT2D eigenvalue weighted by Gasteiger charge is 2.27. The molecule has 1 heterocycles. The predicted molar refractivity (Wildman–Crippen MR) is 52.2 cm³/mol. The Labute approximate surface area is 96.1 Å². The molecule has 0 aromatic carbocycles. The molecule has 0 aliphatic rings. The van der Waals surface area contributed by atoms with Crippen LogP contribution in [0, 0.1) is 0 Å². The summed E-state index contributed by atoms with van der Waals surface area (Å²) in [5, 5.41) is 3.64. The molecule has 1 rings (SSSR count). The van der Waals surface area contributed by atoms with Crippen molar-refractivity contribution in [3.8, 4) is 0 Å². The lowest BCUT2D eigenvalue weighted by molar-refractivity contribution is -0.173. The molecular weight excluding hydrogens is 239 g/mol. The van der Waals surface area contributed by atoms with E-state index in [0.717, 1.165) is 0 Å². The van der Waals surface area contributed by atoms with Crippen molar-refractivity contribution in [3.05, 3.63) is 11.7 Å². The number of hydrogen-bond acceptors (Lipinski definition) is 5. The zero-order chi connectivity index (χ0) is 12.9. The molecule has 8 heteroatoms. The van der Waals surface area contributed by atoms with E-state index in [4.69, 9.17) is 10.3 Å². The predicted octanol–water partition coefficient (Wildman–Crippen LogP) is 1.08. The number of nitrogens with zero attached hydrogens (tertiary/aromatic N) is 2. The van der Waals surface area contributed by atoms with Crippen LogP contribution < -0.4 is 5.73 Å². The molecule has 0 fully saturated rings. The quantitative estimate of drug-likeness (QED) is 0.768. The van der Waals surface area contributed by atoms with Crippen molar-refractivity contribution in [1.29, 1.82) is 0 Å². The molecule has 0 saturated heterocycles. The van der Waals surface area contributed by atoms with Gasteiger partial charge in [-0.05, 0) is 6.92 Å². The number of ether oxygens (including phenoxy) is 1. The van der Waals surface area contributed by atoms with E-state index in [9.17, 15) is 13.2 Å². The van der Waals surface area contributed by atoms with Gasteiger partial charge in [0, 0.05) is 12.5 Å². The summed E-state index contributed by atoms with van der Waals surface area (Å²) >= 11 is 0. The molecule has 0 saturated carbocycles. The lowest BCUT2D eigenvalue weighted by Gasteiger charge is -2.05. The lowest BCUT2D eigenvalue weighted by atomic mass is 10.2. The third-order valence-corrected chi connectivity index (χ3v) is 1.74. The fourth-order valence-electron chi connectivity index (χ4n) is 1.11. The molecule has 2 N–H and O–H groups in total. The molecule has 0 amide bonds. The van der Waals surface area contributed by atoms with Gasteiger partial charge < -0.3 is 15.0 Å². The Morgan fingerprint density at radius 1 is 1.47 bits per heavy atom. The first-order valence-electron chi connectivity index (χ1n) is 5.08. The van der Waals surface area contributed by atoms with Crippen molar-refractivity contribution in [3.63, 3.8) is 0 Å². The second-order valence-corrected chi connectivity index (χ2v) is 3.70. The van der Waals surface area contributed by atoms with E-state index in [1.54, 1.807) is 6.92 Å². The Kier molecular flexibility index (Phi) is 4.88. The highest BCUT2D eigenvalue weighted by molar-refractivity contribution is 4.88. The van der Waals surface area contributed by atoms with Gasteiger partial charge in [0.25, 0.3) is 0 Å². The van der Waals surface area contributed by atoms with Gasteiger partial charge >= 0.3 is 6.18 Å². The van der Waals surface area contributed by atoms with Crippen LogP contribution in [0.15, 0.2) is 4.52 Å². The number of aromatic nitrogens is 2. The molecule has 1 aromatic heterocycles. The summed E-state index contributed by atoms with van der Waals surface area (Å²) in [5.41, 5.74) is 5.53. The van der Waals surface area contributed by atoms with Gasteiger partial charge in [-0.25, -0.2) is 0 Å². The van der Waals surface area contributed by atoms with Crippen molar-refractivity contribution in [2.75, 3.05) is 13.2 Å². The van der Waals surface area contributed by atoms with Crippen LogP contribution in [-0.2, 0) is 17.6 Å². The van der Waals surface area contributed by atoms with Crippen LogP contribution in [0.1, 0.15) is 18.6 Å². The molecule has 0 spiro atoms. The third-order valence-electron chi connectivity index (χ3n) is 1.74. The molecule has 0 bridgehead atoms. The summed E-state index contributed by atoms with van der Waals surface area (Å²) in [6, 6.07) is -0.0954. The minimum absolute atomic E-state index is 0.0954. The van der Waals surface area contributed by atoms with Crippen molar-refractivity contribution in [2.24, 2.45) is 5.73 Å². The van der Waals surface area contributed by atoms with Crippen LogP contribution in [0.25, 0.3) is 0 Å². The standard InChI is InChI=1S/C9H14F3N3O2/c1-6(13)4-7-14-8(17-15-7)2-3-16-5-9(10,11)12/h6H,2-5,13H2,1H3. The summed E-state index contributed by atoms with van der Waals surface area (Å²) in [4.78, 5) is 3.97. The van der Waals surface area contributed by atoms with Gasteiger partial charge in [0.05, 0.1) is 13.0 Å². The minimum atomic E-state index is -4.31. The molecule has 0 aliphatic heterocycles. The highest BCUT2D eigenvalue weighted by Crippen LogP contribution is 2.14. The molecule has 0 aliphatic carbocycles. The summed E-state index contributed by atoms with van der Waals surface area (Å²) in [6.07, 6.45) is -3.69. The lowest BCUT2D eigenvalue weighted by Crippen LogP contribution is -2.18. The first-order valence-corrected chi connectivity index (χ1v) is 5.08. The Morgan fingerprint density at radius 2 is 2.18 bits per heavy atom. The second-order valence-electron chi connectivity index (χ2n) is 3.70. The molecule has 1 atom stereocenters. The fourth-order valence-corrected chi connectivity index (χ4v) is 1.11. The molecular formula is C9H14F3N3O2. The maximum absolute atomic E-state index is 11.7. The molecule has 0 radical (unpaired) electrons. The van der Waals surface area contributed by atoms with Crippen LogP contribution in [0.2, 0.25) is 0 Å². The summed E-state index contributed by atoms with van der Waals surface area (Å²) in [7, 11) is 0. The molecule has 5 nitrogen and oxygen atoms in total. The van der Waals surface area contributed by atoms with Crippen molar-refractivity contribution >= 4 is 0 Å². The van der Waals surface area contributed by atoms with Gasteiger partial charge in [0.2, 0.25) is 5.89 Å². The van der Waals surface area contributed by atoms with Crippen LogP contribution in [0.4, 0.5) is 13.2 Å². The Morgan fingerprint density at radius 3 is 2.76 bits per heavy atom. The number of alkyl halides is 3. The van der Waals surface area contributed by atoms with E-state index < -0.39 is 12.8 Å². The monoisotopic (exact) mass is 253 g/mol. The smallest absolute Gasteiger partial charge is 0.372 e. The van der Waals surface area contributed by atoms with Crippen LogP contribution >= 0.6 is 0 Å². The van der Waals surface area contributed by atoms with Crippen LogP contribution in [0.3, 0.4) is 0 Å². The van der Waals surface area contributed by atoms with Gasteiger partial charge in [-0.2, -0.15) is 18.2 Å². The average Bonchev–Trinajstić information content (AvgIpc) is 2.58. The number of halogens is 3. The van der Waals surface area contributed by atoms with Crippen molar-refractivity contribution < 1.29 is 22.4 Å². The topological polar surface area (TPSA) is 74.2 Å². The number of rotatable bonds is 6. The zero-order valence-corrected chi connectivity index (χ0v) is 9.33. The molecule has 17 heavy (non-hydrogen) atoms. The third kappa shape index (κ3) is 6.22. The van der Waals surface area contributed by atoms with Crippen LogP contribution in [0.5, 0.6) is 0 Å². The Hall–Kier alpha value is -1.15. The van der Waals surface area contributed by atoms with Gasteiger partial charge in [-0.15, -0.1) is 0 Å². The number of hydrogen-bond donors (Lipinski definition) is 1.